The molecule has 30 heavy (non-hydrogen) atoms. The average Bonchev–Trinajstić information content (AvgIpc) is 3.30. The number of hydrogen-bond acceptors (Lipinski definition) is 5. The summed E-state index contributed by atoms with van der Waals surface area (Å²) in [6, 6.07) is 3.93. The number of fused-ring (bicyclic) bond motifs is 1. The van der Waals surface area contributed by atoms with Crippen molar-refractivity contribution in [3.8, 4) is 0 Å². The second-order valence-corrected chi connectivity index (χ2v) is 11.4. The summed E-state index contributed by atoms with van der Waals surface area (Å²) >= 11 is 0. The van der Waals surface area contributed by atoms with Gasteiger partial charge in [-0.05, 0) is 67.7 Å². The van der Waals surface area contributed by atoms with E-state index in [1.807, 2.05) is 6.07 Å². The number of furan rings is 1. The number of carbonyl (C=O) groups is 1. The van der Waals surface area contributed by atoms with E-state index in [0.717, 1.165) is 47.9 Å². The molecule has 2 aliphatic carbocycles. The molecule has 162 valence electrons. The molecule has 0 radical (unpaired) electrons. The van der Waals surface area contributed by atoms with Gasteiger partial charge in [-0.3, -0.25) is 4.79 Å². The van der Waals surface area contributed by atoms with E-state index < -0.39 is 21.1 Å². The van der Waals surface area contributed by atoms with E-state index >= 15 is 0 Å². The van der Waals surface area contributed by atoms with Gasteiger partial charge in [0.15, 0.2) is 10.9 Å². The molecule has 1 fully saturated rings. The van der Waals surface area contributed by atoms with Crippen LogP contribution in [-0.2, 0) is 45.8 Å². The summed E-state index contributed by atoms with van der Waals surface area (Å²) in [4.78, 5) is 13.0. The number of Topliss-reactive ketones (excluding diaryl/α,β-unsaturated/α-hetero) is 1. The van der Waals surface area contributed by atoms with Gasteiger partial charge >= 0.3 is 0 Å². The van der Waals surface area contributed by atoms with Crippen LogP contribution in [0.25, 0.3) is 0 Å². The van der Waals surface area contributed by atoms with Gasteiger partial charge in [0.25, 0.3) is 0 Å². The summed E-state index contributed by atoms with van der Waals surface area (Å²) < 4.78 is 35.0. The largest absolute Gasteiger partial charge is 0.454 e. The first-order chi connectivity index (χ1) is 14.5. The Kier molecular flexibility index (Phi) is 5.31. The third-order valence-electron chi connectivity index (χ3n) is 6.47. The predicted octanol–water partition coefficient (Wildman–Crippen LogP) is 4.56. The SMILES string of the molecule is [2H]c1cc(CC2CCC2)c(CC(=O)C[S@](=N)(=O)c2cc(C(C)(C)O)co2)c2c1CCC2. The van der Waals surface area contributed by atoms with Crippen LogP contribution >= 0.6 is 0 Å². The minimum atomic E-state index is -3.44. The molecule has 1 aromatic carbocycles. The highest BCUT2D eigenvalue weighted by Gasteiger charge is 2.27. The van der Waals surface area contributed by atoms with Crippen molar-refractivity contribution >= 4 is 15.5 Å². The van der Waals surface area contributed by atoms with Crippen molar-refractivity contribution < 1.29 is 19.9 Å². The van der Waals surface area contributed by atoms with Gasteiger partial charge < -0.3 is 9.52 Å². The molecule has 1 heterocycles. The third-order valence-corrected chi connectivity index (χ3v) is 8.06. The van der Waals surface area contributed by atoms with Crippen molar-refractivity contribution in [3.63, 3.8) is 0 Å². The van der Waals surface area contributed by atoms with Crippen LogP contribution < -0.4 is 0 Å². The first-order valence-corrected chi connectivity index (χ1v) is 12.5. The molecule has 0 spiro atoms. The topological polar surface area (TPSA) is 91.4 Å². The summed E-state index contributed by atoms with van der Waals surface area (Å²) in [5, 5.41) is 10.0. The maximum absolute atomic E-state index is 13.0. The number of hydrogen-bond donors (Lipinski definition) is 2. The van der Waals surface area contributed by atoms with E-state index in [1.165, 1.54) is 31.6 Å². The molecule has 6 heteroatoms. The summed E-state index contributed by atoms with van der Waals surface area (Å²) in [6.07, 6.45) is 8.73. The maximum atomic E-state index is 13.0. The quantitative estimate of drug-likeness (QED) is 0.642. The Bertz CT molecular complexity index is 1110. The van der Waals surface area contributed by atoms with E-state index in [4.69, 9.17) is 10.6 Å². The third kappa shape index (κ3) is 4.40. The lowest BCUT2D eigenvalue weighted by Gasteiger charge is -2.27. The lowest BCUT2D eigenvalue weighted by molar-refractivity contribution is -0.116. The maximum Gasteiger partial charge on any atom is 0.199 e. The van der Waals surface area contributed by atoms with E-state index in [-0.39, 0.29) is 17.3 Å². The second-order valence-electron chi connectivity index (χ2n) is 9.35. The Morgan fingerprint density at radius 2 is 2.13 bits per heavy atom. The Labute approximate surface area is 180 Å². The summed E-state index contributed by atoms with van der Waals surface area (Å²) in [7, 11) is -3.44. The molecule has 2 aromatic rings. The van der Waals surface area contributed by atoms with Crippen molar-refractivity contribution in [1.82, 2.24) is 0 Å². The normalized spacial score (nSPS) is 19.1. The Hall–Kier alpha value is -1.92. The van der Waals surface area contributed by atoms with Gasteiger partial charge in [-0.25, -0.2) is 8.99 Å². The van der Waals surface area contributed by atoms with Crippen molar-refractivity contribution in [2.24, 2.45) is 5.92 Å². The van der Waals surface area contributed by atoms with Gasteiger partial charge in [0.05, 0.1) is 19.0 Å². The fraction of sp³-hybridized carbons (Fsp3) is 0.542. The molecule has 5 nitrogen and oxygen atoms in total. The van der Waals surface area contributed by atoms with Crippen LogP contribution in [0.4, 0.5) is 0 Å². The smallest absolute Gasteiger partial charge is 0.199 e. The first-order valence-electron chi connectivity index (χ1n) is 11.3. The molecule has 0 bridgehead atoms. The van der Waals surface area contributed by atoms with Crippen LogP contribution in [0.2, 0.25) is 0 Å². The molecule has 4 rings (SSSR count). The zero-order chi connectivity index (χ0) is 22.4. The van der Waals surface area contributed by atoms with E-state index in [1.54, 1.807) is 13.8 Å². The van der Waals surface area contributed by atoms with E-state index in [2.05, 4.69) is 0 Å². The van der Waals surface area contributed by atoms with Crippen LogP contribution in [0.5, 0.6) is 0 Å². The van der Waals surface area contributed by atoms with Gasteiger partial charge in [-0.1, -0.05) is 31.4 Å². The molecule has 2 aliphatic rings. The van der Waals surface area contributed by atoms with Crippen molar-refractivity contribution in [2.75, 3.05) is 5.75 Å². The molecular weight excluding hydrogens is 398 g/mol. The average molecular weight is 431 g/mol. The van der Waals surface area contributed by atoms with Gasteiger partial charge in [0.2, 0.25) is 0 Å². The van der Waals surface area contributed by atoms with Crippen LogP contribution in [0.3, 0.4) is 0 Å². The standard InChI is InChI=1S/C24H31NO4S/c1-24(2,27)19-12-23(29-14-19)30(25,28)15-20(26)13-22-18(11-16-5-3-6-16)10-9-17-7-4-8-21(17)22/h9-10,12,14,16,25,27H,3-8,11,13,15H2,1-2H3/t30-/m0/s1/i9D. The van der Waals surface area contributed by atoms with Gasteiger partial charge in [-0.15, -0.1) is 0 Å². The first kappa shape index (κ1) is 20.0. The van der Waals surface area contributed by atoms with Crippen molar-refractivity contribution in [3.05, 3.63) is 52.3 Å². The fourth-order valence-corrected chi connectivity index (χ4v) is 5.68. The van der Waals surface area contributed by atoms with Gasteiger partial charge in [0.1, 0.15) is 9.73 Å². The molecule has 1 saturated carbocycles. The number of benzene rings is 1. The molecule has 0 aliphatic heterocycles. The zero-order valence-electron chi connectivity index (χ0n) is 18.8. The number of nitrogens with one attached hydrogen (secondary N) is 1. The van der Waals surface area contributed by atoms with Gasteiger partial charge in [0, 0.05) is 18.1 Å². The molecule has 1 aromatic heterocycles. The Morgan fingerprint density at radius 3 is 2.77 bits per heavy atom. The number of carbonyl (C=O) groups excluding carboxylic acids is 1. The minimum Gasteiger partial charge on any atom is -0.454 e. The van der Waals surface area contributed by atoms with Crippen molar-refractivity contribution in [2.45, 2.75) is 75.9 Å². The zero-order valence-corrected chi connectivity index (χ0v) is 18.6. The monoisotopic (exact) mass is 430 g/mol. The number of ketones is 1. The summed E-state index contributed by atoms with van der Waals surface area (Å²) in [5.74, 6) is -0.0362. The predicted molar refractivity (Wildman–Crippen MR) is 116 cm³/mol. The highest BCUT2D eigenvalue weighted by molar-refractivity contribution is 7.93. The second kappa shape index (κ2) is 7.97. The summed E-state index contributed by atoms with van der Waals surface area (Å²) in [6.45, 7) is 3.16. The van der Waals surface area contributed by atoms with Crippen molar-refractivity contribution in [1.29, 1.82) is 4.78 Å². The van der Waals surface area contributed by atoms with Gasteiger partial charge in [-0.2, -0.15) is 0 Å². The van der Waals surface area contributed by atoms with Crippen LogP contribution in [-0.4, -0.2) is 20.9 Å². The number of aliphatic hydroxyl groups is 1. The molecule has 0 unspecified atom stereocenters. The number of rotatable bonds is 8. The lowest BCUT2D eigenvalue weighted by atomic mass is 9.79. The molecule has 1 atom stereocenters. The molecule has 2 N–H and O–H groups in total. The van der Waals surface area contributed by atoms with Crippen LogP contribution in [0, 0.1) is 10.7 Å². The minimum absolute atomic E-state index is 0.0700. The molecule has 0 amide bonds. The van der Waals surface area contributed by atoms with E-state index in [0.29, 0.717) is 17.5 Å². The van der Waals surface area contributed by atoms with E-state index in [9.17, 15) is 14.1 Å². The fourth-order valence-electron chi connectivity index (χ4n) is 4.46. The molecule has 0 saturated heterocycles. The Morgan fingerprint density at radius 1 is 1.37 bits per heavy atom. The highest BCUT2D eigenvalue weighted by atomic mass is 32.2. The summed E-state index contributed by atoms with van der Waals surface area (Å²) in [5.41, 5.74) is 3.54. The lowest BCUT2D eigenvalue weighted by Crippen LogP contribution is -2.20. The van der Waals surface area contributed by atoms with Crippen LogP contribution in [0.15, 0.2) is 33.9 Å². The molecular formula is C24H31NO4S. The van der Waals surface area contributed by atoms with Crippen LogP contribution in [0.1, 0.15) is 68.7 Å². The highest BCUT2D eigenvalue weighted by Crippen LogP contribution is 2.35. The Balaban J connectivity index is 1.57.